The maximum Gasteiger partial charge on any atom is 0.335 e. The number of methoxy groups -OCH3 is 1. The van der Waals surface area contributed by atoms with Crippen LogP contribution in [0.4, 0.5) is 11.4 Å². The Morgan fingerprint density at radius 2 is 1.75 bits per heavy atom. The average Bonchev–Trinajstić information content (AvgIpc) is 2.89. The number of benzene rings is 3. The summed E-state index contributed by atoms with van der Waals surface area (Å²) in [5, 5.41) is 11.6. The minimum Gasteiger partial charge on any atom is -0.497 e. The second kappa shape index (κ2) is 11.5. The highest BCUT2D eigenvalue weighted by Crippen LogP contribution is 2.30. The first-order chi connectivity index (χ1) is 17.4. The first kappa shape index (κ1) is 25.0. The second-order valence-corrected chi connectivity index (χ2v) is 9.23. The number of thioether (sulfide) groups is 1. The van der Waals surface area contributed by atoms with Gasteiger partial charge in [-0.15, -0.1) is 0 Å². The number of carboxylic acids is 1. The van der Waals surface area contributed by atoms with Crippen LogP contribution in [0, 0.1) is 0 Å². The van der Waals surface area contributed by atoms with Crippen molar-refractivity contribution in [2.75, 3.05) is 19.0 Å². The lowest BCUT2D eigenvalue weighted by Crippen LogP contribution is -2.46. The van der Waals surface area contributed by atoms with Gasteiger partial charge in [-0.25, -0.2) is 9.79 Å². The zero-order valence-corrected chi connectivity index (χ0v) is 20.4. The molecule has 0 aromatic heterocycles. The van der Waals surface area contributed by atoms with Crippen LogP contribution in [-0.2, 0) is 16.0 Å². The smallest absolute Gasteiger partial charge is 0.335 e. The number of hydrogen-bond acceptors (Lipinski definition) is 6. The van der Waals surface area contributed by atoms with Gasteiger partial charge in [-0.1, -0.05) is 42.1 Å². The Morgan fingerprint density at radius 1 is 1.06 bits per heavy atom. The van der Waals surface area contributed by atoms with E-state index in [1.54, 1.807) is 12.0 Å². The van der Waals surface area contributed by atoms with Gasteiger partial charge in [0.1, 0.15) is 11.0 Å². The van der Waals surface area contributed by atoms with Gasteiger partial charge in [-0.3, -0.25) is 14.5 Å². The Kier molecular flexibility index (Phi) is 8.02. The zero-order valence-electron chi connectivity index (χ0n) is 19.6. The van der Waals surface area contributed by atoms with E-state index in [1.165, 1.54) is 36.0 Å². The lowest BCUT2D eigenvalue weighted by molar-refractivity contribution is -0.129. The molecule has 0 radical (unpaired) electrons. The molecule has 1 aliphatic rings. The summed E-state index contributed by atoms with van der Waals surface area (Å²) in [4.78, 5) is 43.5. The third-order valence-corrected chi connectivity index (χ3v) is 6.78. The van der Waals surface area contributed by atoms with Crippen molar-refractivity contribution in [3.05, 3.63) is 90.0 Å². The summed E-state index contributed by atoms with van der Waals surface area (Å²) < 4.78 is 5.21. The summed E-state index contributed by atoms with van der Waals surface area (Å²) in [6.07, 6.45) is 0.650. The Hall–Kier alpha value is -4.11. The normalized spacial score (nSPS) is 16.6. The molecule has 1 aliphatic heterocycles. The molecule has 2 amide bonds. The molecule has 36 heavy (non-hydrogen) atoms. The maximum absolute atomic E-state index is 13.2. The van der Waals surface area contributed by atoms with Crippen molar-refractivity contribution in [1.82, 2.24) is 4.90 Å². The van der Waals surface area contributed by atoms with Crippen molar-refractivity contribution in [3.8, 4) is 5.75 Å². The van der Waals surface area contributed by atoms with E-state index in [9.17, 15) is 14.4 Å². The van der Waals surface area contributed by atoms with Crippen LogP contribution in [0.15, 0.2) is 83.9 Å². The number of aromatic carboxylic acids is 1. The zero-order chi connectivity index (χ0) is 25.5. The van der Waals surface area contributed by atoms with Gasteiger partial charge in [0.15, 0.2) is 5.17 Å². The van der Waals surface area contributed by atoms with Crippen molar-refractivity contribution in [2.45, 2.75) is 18.1 Å². The topological polar surface area (TPSA) is 108 Å². The molecule has 2 N–H and O–H groups in total. The number of amidine groups is 1. The van der Waals surface area contributed by atoms with Crippen LogP contribution in [0.5, 0.6) is 5.75 Å². The fourth-order valence-corrected chi connectivity index (χ4v) is 4.75. The van der Waals surface area contributed by atoms with E-state index in [4.69, 9.17) is 9.84 Å². The minimum absolute atomic E-state index is 0.0279. The molecule has 0 bridgehead atoms. The molecule has 3 aromatic rings. The number of carboxylic acid groups (broad SMARTS) is 1. The molecule has 184 valence electrons. The van der Waals surface area contributed by atoms with Gasteiger partial charge in [-0.05, 0) is 60.5 Å². The Bertz CT molecular complexity index is 1260. The number of anilines is 1. The largest absolute Gasteiger partial charge is 0.497 e. The summed E-state index contributed by atoms with van der Waals surface area (Å²) in [5.74, 6) is -0.802. The molecule has 9 heteroatoms. The number of ether oxygens (including phenoxy) is 1. The summed E-state index contributed by atoms with van der Waals surface area (Å²) in [7, 11) is 1.61. The number of para-hydroxylation sites is 1. The molecule has 1 saturated heterocycles. The number of nitrogens with one attached hydrogen (secondary N) is 1. The Morgan fingerprint density at radius 3 is 2.39 bits per heavy atom. The van der Waals surface area contributed by atoms with Crippen molar-refractivity contribution in [3.63, 3.8) is 0 Å². The Labute approximate surface area is 213 Å². The standard InChI is InChI=1S/C27H25N3O5S/c1-35-22-13-7-18(8-14-22)15-16-30-24(31)17-23(36-27(30)29-20-5-3-2-4-6-20)25(32)28-21-11-9-19(10-12-21)26(33)34/h2-14,23H,15-17H2,1H3,(H,28,32)(H,33,34)/t23-/m0/s1. The molecule has 0 saturated carbocycles. The second-order valence-electron chi connectivity index (χ2n) is 8.06. The molecular weight excluding hydrogens is 478 g/mol. The third kappa shape index (κ3) is 6.31. The number of carbonyl (C=O) groups excluding carboxylic acids is 2. The predicted molar refractivity (Wildman–Crippen MR) is 140 cm³/mol. The molecule has 1 atom stereocenters. The highest BCUT2D eigenvalue weighted by molar-refractivity contribution is 8.15. The highest BCUT2D eigenvalue weighted by atomic mass is 32.2. The number of nitrogens with zero attached hydrogens (tertiary/aromatic N) is 2. The quantitative estimate of drug-likeness (QED) is 0.465. The summed E-state index contributed by atoms with van der Waals surface area (Å²) in [5.41, 5.74) is 2.33. The van der Waals surface area contributed by atoms with Crippen LogP contribution in [0.1, 0.15) is 22.3 Å². The summed E-state index contributed by atoms with van der Waals surface area (Å²) >= 11 is 1.24. The van der Waals surface area contributed by atoms with E-state index in [1.807, 2.05) is 54.6 Å². The van der Waals surface area contributed by atoms with E-state index in [2.05, 4.69) is 10.3 Å². The molecule has 0 unspecified atom stereocenters. The van der Waals surface area contributed by atoms with Gasteiger partial charge in [0.05, 0.1) is 18.4 Å². The average molecular weight is 504 g/mol. The molecule has 1 fully saturated rings. The van der Waals surface area contributed by atoms with Crippen molar-refractivity contribution in [2.24, 2.45) is 4.99 Å². The van der Waals surface area contributed by atoms with E-state index in [0.29, 0.717) is 29.5 Å². The highest BCUT2D eigenvalue weighted by Gasteiger charge is 2.35. The van der Waals surface area contributed by atoms with Gasteiger partial charge in [0, 0.05) is 18.7 Å². The number of hydrogen-bond donors (Lipinski definition) is 2. The van der Waals surface area contributed by atoms with Gasteiger partial charge in [0.25, 0.3) is 0 Å². The molecule has 0 aliphatic carbocycles. The van der Waals surface area contributed by atoms with E-state index >= 15 is 0 Å². The van der Waals surface area contributed by atoms with E-state index < -0.39 is 11.2 Å². The summed E-state index contributed by atoms with van der Waals surface area (Å²) in [6.45, 7) is 0.425. The van der Waals surface area contributed by atoms with Crippen LogP contribution in [0.25, 0.3) is 0 Å². The molecule has 3 aromatic carbocycles. The predicted octanol–water partition coefficient (Wildman–Crippen LogP) is 4.60. The van der Waals surface area contributed by atoms with Crippen LogP contribution in [0.2, 0.25) is 0 Å². The van der Waals surface area contributed by atoms with Crippen molar-refractivity contribution >= 4 is 46.1 Å². The fraction of sp³-hybridized carbons (Fsp3) is 0.185. The molecular formula is C27H25N3O5S. The molecule has 8 nitrogen and oxygen atoms in total. The monoisotopic (exact) mass is 503 g/mol. The van der Waals surface area contributed by atoms with Crippen molar-refractivity contribution < 1.29 is 24.2 Å². The van der Waals surface area contributed by atoms with Crippen LogP contribution in [-0.4, -0.2) is 51.9 Å². The van der Waals surface area contributed by atoms with Gasteiger partial charge < -0.3 is 15.2 Å². The lowest BCUT2D eigenvalue weighted by atomic mass is 10.1. The third-order valence-electron chi connectivity index (χ3n) is 5.60. The first-order valence-electron chi connectivity index (χ1n) is 11.3. The van der Waals surface area contributed by atoms with Gasteiger partial charge in [0.2, 0.25) is 11.8 Å². The lowest BCUT2D eigenvalue weighted by Gasteiger charge is -2.32. The number of rotatable bonds is 8. The minimum atomic E-state index is -1.04. The maximum atomic E-state index is 13.2. The van der Waals surface area contributed by atoms with Gasteiger partial charge >= 0.3 is 5.97 Å². The molecule has 1 heterocycles. The molecule has 4 rings (SSSR count). The van der Waals surface area contributed by atoms with Crippen LogP contribution >= 0.6 is 11.8 Å². The fourth-order valence-electron chi connectivity index (χ4n) is 3.63. The number of carbonyl (C=O) groups is 3. The van der Waals surface area contributed by atoms with Gasteiger partial charge in [-0.2, -0.15) is 0 Å². The number of aliphatic imine (C=N–C) groups is 1. The number of amides is 2. The molecule has 0 spiro atoms. The first-order valence-corrected chi connectivity index (χ1v) is 12.2. The van der Waals surface area contributed by atoms with E-state index in [0.717, 1.165) is 11.3 Å². The summed E-state index contributed by atoms with van der Waals surface area (Å²) in [6, 6.07) is 22.9. The Balaban J connectivity index is 1.50. The van der Waals surface area contributed by atoms with Crippen LogP contribution in [0.3, 0.4) is 0 Å². The SMILES string of the molecule is COc1ccc(CCN2C(=O)C[C@@H](C(=O)Nc3ccc(C(=O)O)cc3)SC2=Nc2ccccc2)cc1. The van der Waals surface area contributed by atoms with E-state index in [-0.39, 0.29) is 23.8 Å². The van der Waals surface area contributed by atoms with Crippen molar-refractivity contribution in [1.29, 1.82) is 0 Å². The van der Waals surface area contributed by atoms with Crippen LogP contribution < -0.4 is 10.1 Å².